The summed E-state index contributed by atoms with van der Waals surface area (Å²) in [7, 11) is 0. The Hall–Kier alpha value is -1.68. The molecule has 1 N–H and O–H groups in total. The molecule has 148 valence electrons. The van der Waals surface area contributed by atoms with Crippen molar-refractivity contribution in [1.82, 2.24) is 4.98 Å². The van der Waals surface area contributed by atoms with Gasteiger partial charge in [0.05, 0.1) is 11.1 Å². The normalized spacial score (nSPS) is 31.2. The summed E-state index contributed by atoms with van der Waals surface area (Å²) in [5.41, 5.74) is 3.42. The first-order valence-electron chi connectivity index (χ1n) is 10.7. The summed E-state index contributed by atoms with van der Waals surface area (Å²) in [4.78, 5) is 17.9. The molecule has 4 aliphatic rings. The highest BCUT2D eigenvalue weighted by Crippen LogP contribution is 2.60. The first-order valence-corrected chi connectivity index (χ1v) is 11.6. The SMILES string of the molecule is CC(C)(C)c1ccc(-c2csc(NC(=O)C34CC5CC(CC(C5)C3)C4)n2)cc1. The molecule has 1 heterocycles. The van der Waals surface area contributed by atoms with Crippen molar-refractivity contribution < 1.29 is 4.79 Å². The van der Waals surface area contributed by atoms with Crippen LogP contribution >= 0.6 is 11.3 Å². The second-order valence-electron chi connectivity index (χ2n) is 10.5. The minimum Gasteiger partial charge on any atom is -0.301 e. The first-order chi connectivity index (χ1) is 13.3. The fraction of sp³-hybridized carbons (Fsp3) is 0.583. The molecular weight excluding hydrogens is 364 g/mol. The molecular formula is C24H30N2OS. The number of thiazole rings is 1. The van der Waals surface area contributed by atoms with E-state index >= 15 is 0 Å². The van der Waals surface area contributed by atoms with E-state index in [2.05, 4.69) is 55.7 Å². The third-order valence-corrected chi connectivity index (χ3v) is 8.05. The summed E-state index contributed by atoms with van der Waals surface area (Å²) in [6, 6.07) is 8.64. The topological polar surface area (TPSA) is 42.0 Å². The van der Waals surface area contributed by atoms with Crippen LogP contribution in [0.4, 0.5) is 5.13 Å². The number of nitrogens with one attached hydrogen (secondary N) is 1. The van der Waals surface area contributed by atoms with E-state index in [1.165, 1.54) is 24.8 Å². The van der Waals surface area contributed by atoms with E-state index in [-0.39, 0.29) is 16.7 Å². The lowest BCUT2D eigenvalue weighted by molar-refractivity contribution is -0.140. The van der Waals surface area contributed by atoms with Crippen LogP contribution in [0.15, 0.2) is 29.6 Å². The van der Waals surface area contributed by atoms with Crippen LogP contribution in [0.1, 0.15) is 64.9 Å². The van der Waals surface area contributed by atoms with Crippen molar-refractivity contribution in [1.29, 1.82) is 0 Å². The number of benzene rings is 1. The van der Waals surface area contributed by atoms with Gasteiger partial charge in [0.15, 0.2) is 5.13 Å². The maximum Gasteiger partial charge on any atom is 0.232 e. The number of rotatable bonds is 3. The number of aromatic nitrogens is 1. The second-order valence-corrected chi connectivity index (χ2v) is 11.4. The molecule has 4 bridgehead atoms. The van der Waals surface area contributed by atoms with Crippen LogP contribution in [0.5, 0.6) is 0 Å². The third-order valence-electron chi connectivity index (χ3n) is 7.29. The summed E-state index contributed by atoms with van der Waals surface area (Å²) in [5, 5.41) is 6.00. The smallest absolute Gasteiger partial charge is 0.232 e. The molecule has 0 spiro atoms. The van der Waals surface area contributed by atoms with Crippen molar-refractivity contribution in [2.75, 3.05) is 5.32 Å². The molecule has 4 aliphatic carbocycles. The van der Waals surface area contributed by atoms with Gasteiger partial charge < -0.3 is 5.32 Å². The van der Waals surface area contributed by atoms with Crippen LogP contribution in [0, 0.1) is 23.2 Å². The van der Waals surface area contributed by atoms with Gasteiger partial charge in [0.25, 0.3) is 0 Å². The monoisotopic (exact) mass is 394 g/mol. The molecule has 0 radical (unpaired) electrons. The fourth-order valence-electron chi connectivity index (χ4n) is 6.22. The Kier molecular flexibility index (Phi) is 4.20. The average Bonchev–Trinajstić information content (AvgIpc) is 3.08. The number of hydrogen-bond donors (Lipinski definition) is 1. The zero-order valence-electron chi connectivity index (χ0n) is 17.1. The summed E-state index contributed by atoms with van der Waals surface area (Å²) >= 11 is 1.54. The molecule has 2 aromatic rings. The molecule has 4 saturated carbocycles. The van der Waals surface area contributed by atoms with Gasteiger partial charge >= 0.3 is 0 Å². The molecule has 4 heteroatoms. The number of hydrogen-bond acceptors (Lipinski definition) is 3. The van der Waals surface area contributed by atoms with Crippen LogP contribution in [-0.4, -0.2) is 10.9 Å². The van der Waals surface area contributed by atoms with Gasteiger partial charge in [0.1, 0.15) is 0 Å². The Morgan fingerprint density at radius 3 is 2.14 bits per heavy atom. The molecule has 1 aromatic carbocycles. The largest absolute Gasteiger partial charge is 0.301 e. The molecule has 0 atom stereocenters. The quantitative estimate of drug-likeness (QED) is 0.667. The maximum absolute atomic E-state index is 13.2. The predicted octanol–water partition coefficient (Wildman–Crippen LogP) is 6.26. The molecule has 0 aliphatic heterocycles. The molecule has 0 saturated heterocycles. The number of carbonyl (C=O) groups excluding carboxylic acids is 1. The van der Waals surface area contributed by atoms with E-state index in [1.807, 2.05) is 0 Å². The summed E-state index contributed by atoms with van der Waals surface area (Å²) in [5.74, 6) is 2.58. The van der Waals surface area contributed by atoms with Gasteiger partial charge in [-0.25, -0.2) is 4.98 Å². The van der Waals surface area contributed by atoms with Gasteiger partial charge in [-0.05, 0) is 67.3 Å². The van der Waals surface area contributed by atoms with Crippen LogP contribution in [-0.2, 0) is 10.2 Å². The van der Waals surface area contributed by atoms with E-state index in [9.17, 15) is 4.79 Å². The molecule has 1 amide bonds. The highest BCUT2D eigenvalue weighted by Gasteiger charge is 2.54. The van der Waals surface area contributed by atoms with Gasteiger partial charge in [0.2, 0.25) is 5.91 Å². The predicted molar refractivity (Wildman–Crippen MR) is 115 cm³/mol. The fourth-order valence-corrected chi connectivity index (χ4v) is 6.94. The van der Waals surface area contributed by atoms with Crippen molar-refractivity contribution in [2.24, 2.45) is 23.2 Å². The molecule has 28 heavy (non-hydrogen) atoms. The second kappa shape index (κ2) is 6.41. The number of carbonyl (C=O) groups is 1. The number of anilines is 1. The van der Waals surface area contributed by atoms with Crippen molar-refractivity contribution in [3.8, 4) is 11.3 Å². The van der Waals surface area contributed by atoms with Gasteiger partial charge in [-0.1, -0.05) is 45.0 Å². The lowest BCUT2D eigenvalue weighted by Crippen LogP contribution is -2.51. The lowest BCUT2D eigenvalue weighted by atomic mass is 9.49. The minimum atomic E-state index is -0.116. The van der Waals surface area contributed by atoms with E-state index in [4.69, 9.17) is 4.98 Å². The zero-order chi connectivity index (χ0) is 19.5. The maximum atomic E-state index is 13.2. The van der Waals surface area contributed by atoms with E-state index in [0.717, 1.165) is 53.4 Å². The van der Waals surface area contributed by atoms with Gasteiger partial charge in [0, 0.05) is 10.9 Å². The Balaban J connectivity index is 1.31. The van der Waals surface area contributed by atoms with Gasteiger partial charge in [-0.3, -0.25) is 4.79 Å². The van der Waals surface area contributed by atoms with Crippen LogP contribution in [0.2, 0.25) is 0 Å². The van der Waals surface area contributed by atoms with E-state index < -0.39 is 0 Å². The molecule has 4 fully saturated rings. The van der Waals surface area contributed by atoms with E-state index in [0.29, 0.717) is 0 Å². The molecule has 3 nitrogen and oxygen atoms in total. The Labute approximate surface area is 172 Å². The van der Waals surface area contributed by atoms with Gasteiger partial charge in [-0.2, -0.15) is 0 Å². The lowest BCUT2D eigenvalue weighted by Gasteiger charge is -2.55. The zero-order valence-corrected chi connectivity index (χ0v) is 17.9. The van der Waals surface area contributed by atoms with Crippen LogP contribution in [0.25, 0.3) is 11.3 Å². The number of nitrogens with zero attached hydrogens (tertiary/aromatic N) is 1. The van der Waals surface area contributed by atoms with Crippen molar-refractivity contribution >= 4 is 22.4 Å². The van der Waals surface area contributed by atoms with Crippen molar-refractivity contribution in [3.63, 3.8) is 0 Å². The Morgan fingerprint density at radius 1 is 1.04 bits per heavy atom. The highest BCUT2D eigenvalue weighted by molar-refractivity contribution is 7.14. The minimum absolute atomic E-state index is 0.116. The standard InChI is InChI=1S/C24H30N2OS/c1-23(2,3)19-6-4-18(5-7-19)20-14-28-22(25-20)26-21(27)24-11-15-8-16(12-24)10-17(9-15)13-24/h4-7,14-17H,8-13H2,1-3H3,(H,25,26,27). The van der Waals surface area contributed by atoms with Crippen LogP contribution in [0.3, 0.4) is 0 Å². The van der Waals surface area contributed by atoms with Crippen molar-refractivity contribution in [3.05, 3.63) is 35.2 Å². The average molecular weight is 395 g/mol. The van der Waals surface area contributed by atoms with E-state index in [1.54, 1.807) is 11.3 Å². The first kappa shape index (κ1) is 18.4. The summed E-state index contributed by atoms with van der Waals surface area (Å²) < 4.78 is 0. The Bertz CT molecular complexity index is 855. The number of amides is 1. The summed E-state index contributed by atoms with van der Waals surface area (Å²) in [6.07, 6.45) is 7.36. The highest BCUT2D eigenvalue weighted by atomic mass is 32.1. The molecule has 1 aromatic heterocycles. The summed E-state index contributed by atoms with van der Waals surface area (Å²) in [6.45, 7) is 6.68. The van der Waals surface area contributed by atoms with Gasteiger partial charge in [-0.15, -0.1) is 11.3 Å². The molecule has 0 unspecified atom stereocenters. The third kappa shape index (κ3) is 3.20. The molecule has 6 rings (SSSR count). The Morgan fingerprint density at radius 2 is 1.61 bits per heavy atom. The van der Waals surface area contributed by atoms with Crippen molar-refractivity contribution in [2.45, 2.75) is 64.7 Å². The van der Waals surface area contributed by atoms with Crippen LogP contribution < -0.4 is 5.32 Å².